The predicted molar refractivity (Wildman–Crippen MR) is 103 cm³/mol. The van der Waals surface area contributed by atoms with Crippen LogP contribution in [-0.4, -0.2) is 17.9 Å². The number of amides is 2. The number of carbonyl (C=O) groups excluding carboxylic acids is 2. The number of rotatable bonds is 5. The summed E-state index contributed by atoms with van der Waals surface area (Å²) in [4.78, 5) is 23.9. The van der Waals surface area contributed by atoms with E-state index in [4.69, 9.17) is 4.74 Å². The second kappa shape index (κ2) is 8.85. The summed E-state index contributed by atoms with van der Waals surface area (Å²) in [5.74, 6) is -0.194. The zero-order valence-corrected chi connectivity index (χ0v) is 15.5. The van der Waals surface area contributed by atoms with E-state index in [1.54, 1.807) is 13.0 Å². The molecule has 136 valence electrons. The van der Waals surface area contributed by atoms with Crippen LogP contribution in [-0.2, 0) is 9.59 Å². The van der Waals surface area contributed by atoms with Crippen molar-refractivity contribution in [1.82, 2.24) is 10.9 Å². The smallest absolute Gasteiger partial charge is 0.279 e. The summed E-state index contributed by atoms with van der Waals surface area (Å²) in [7, 11) is 0. The van der Waals surface area contributed by atoms with Gasteiger partial charge in [0, 0.05) is 6.08 Å². The van der Waals surface area contributed by atoms with Crippen LogP contribution >= 0.6 is 0 Å². The van der Waals surface area contributed by atoms with E-state index in [-0.39, 0.29) is 0 Å². The van der Waals surface area contributed by atoms with Gasteiger partial charge in [0.25, 0.3) is 11.8 Å². The topological polar surface area (TPSA) is 67.4 Å². The third kappa shape index (κ3) is 5.48. The molecule has 26 heavy (non-hydrogen) atoms. The Hall–Kier alpha value is -3.08. The lowest BCUT2D eigenvalue weighted by Crippen LogP contribution is -2.46. The van der Waals surface area contributed by atoms with E-state index in [1.165, 1.54) is 6.08 Å². The highest BCUT2D eigenvalue weighted by Gasteiger charge is 2.16. The van der Waals surface area contributed by atoms with Gasteiger partial charge in [0.05, 0.1) is 0 Å². The van der Waals surface area contributed by atoms with Gasteiger partial charge in [-0.25, -0.2) is 0 Å². The molecular weight excluding hydrogens is 328 g/mol. The SMILES string of the molecule is Cc1cccc(/C=C/C(=O)NNC(=O)[C@H](C)Oc2cccc(C)c2C)c1. The van der Waals surface area contributed by atoms with E-state index < -0.39 is 17.9 Å². The molecule has 0 aliphatic carbocycles. The molecule has 2 amide bonds. The van der Waals surface area contributed by atoms with Gasteiger partial charge in [-0.05, 0) is 56.5 Å². The average Bonchev–Trinajstić information content (AvgIpc) is 2.61. The Balaban J connectivity index is 1.85. The molecule has 2 aromatic carbocycles. The normalized spacial score (nSPS) is 11.8. The number of hydrogen-bond donors (Lipinski definition) is 2. The molecule has 5 nitrogen and oxygen atoms in total. The summed E-state index contributed by atoms with van der Waals surface area (Å²) < 4.78 is 5.68. The average molecular weight is 352 g/mol. The minimum atomic E-state index is -0.739. The van der Waals surface area contributed by atoms with Crippen LogP contribution in [0.2, 0.25) is 0 Å². The fourth-order valence-electron chi connectivity index (χ4n) is 2.31. The molecule has 0 spiro atoms. The van der Waals surface area contributed by atoms with Gasteiger partial charge >= 0.3 is 0 Å². The minimum Gasteiger partial charge on any atom is -0.481 e. The summed E-state index contributed by atoms with van der Waals surface area (Å²) >= 11 is 0. The lowest BCUT2D eigenvalue weighted by Gasteiger charge is -2.17. The van der Waals surface area contributed by atoms with Gasteiger partial charge < -0.3 is 4.74 Å². The maximum atomic E-state index is 12.1. The number of ether oxygens (including phenoxy) is 1. The molecule has 1 atom stereocenters. The lowest BCUT2D eigenvalue weighted by atomic mass is 10.1. The Bertz CT molecular complexity index is 828. The monoisotopic (exact) mass is 352 g/mol. The fourth-order valence-corrected chi connectivity index (χ4v) is 2.31. The lowest BCUT2D eigenvalue weighted by molar-refractivity contribution is -0.131. The van der Waals surface area contributed by atoms with Crippen LogP contribution in [0.4, 0.5) is 0 Å². The van der Waals surface area contributed by atoms with E-state index in [1.807, 2.05) is 63.2 Å². The van der Waals surface area contributed by atoms with Gasteiger partial charge in [0.15, 0.2) is 6.10 Å². The first-order valence-electron chi connectivity index (χ1n) is 8.44. The summed E-state index contributed by atoms with van der Waals surface area (Å²) in [6.45, 7) is 7.53. The summed E-state index contributed by atoms with van der Waals surface area (Å²) in [6, 6.07) is 13.4. The Kier molecular flexibility index (Phi) is 6.55. The van der Waals surface area contributed by atoms with Gasteiger partial charge in [-0.1, -0.05) is 42.0 Å². The Morgan fingerprint density at radius 3 is 2.50 bits per heavy atom. The van der Waals surface area contributed by atoms with Crippen molar-refractivity contribution in [3.05, 3.63) is 70.8 Å². The van der Waals surface area contributed by atoms with Crippen molar-refractivity contribution < 1.29 is 14.3 Å². The van der Waals surface area contributed by atoms with Crippen molar-refractivity contribution in [2.75, 3.05) is 0 Å². The number of hydrogen-bond acceptors (Lipinski definition) is 3. The van der Waals surface area contributed by atoms with E-state index in [0.717, 1.165) is 22.3 Å². The van der Waals surface area contributed by atoms with Crippen molar-refractivity contribution in [2.24, 2.45) is 0 Å². The summed E-state index contributed by atoms with van der Waals surface area (Å²) in [6.07, 6.45) is 2.31. The van der Waals surface area contributed by atoms with Crippen LogP contribution in [0.25, 0.3) is 6.08 Å². The van der Waals surface area contributed by atoms with Crippen LogP contribution in [0.3, 0.4) is 0 Å². The molecule has 0 saturated carbocycles. The molecule has 0 aromatic heterocycles. The molecule has 0 fully saturated rings. The van der Waals surface area contributed by atoms with E-state index in [2.05, 4.69) is 10.9 Å². The summed E-state index contributed by atoms with van der Waals surface area (Å²) in [5, 5.41) is 0. The maximum absolute atomic E-state index is 12.1. The zero-order chi connectivity index (χ0) is 19.1. The second-order valence-corrected chi connectivity index (χ2v) is 6.18. The first kappa shape index (κ1) is 19.2. The molecule has 0 saturated heterocycles. The van der Waals surface area contributed by atoms with Crippen molar-refractivity contribution in [1.29, 1.82) is 0 Å². The predicted octanol–water partition coefficient (Wildman–Crippen LogP) is 3.24. The maximum Gasteiger partial charge on any atom is 0.279 e. The molecule has 0 aliphatic rings. The Labute approximate surface area is 154 Å². The van der Waals surface area contributed by atoms with E-state index in [0.29, 0.717) is 5.75 Å². The largest absolute Gasteiger partial charge is 0.481 e. The van der Waals surface area contributed by atoms with Crippen LogP contribution in [0.5, 0.6) is 5.75 Å². The zero-order valence-electron chi connectivity index (χ0n) is 15.5. The molecule has 0 aliphatic heterocycles. The van der Waals surface area contributed by atoms with Crippen molar-refractivity contribution in [2.45, 2.75) is 33.8 Å². The fraction of sp³-hybridized carbons (Fsp3) is 0.238. The molecule has 0 radical (unpaired) electrons. The van der Waals surface area contributed by atoms with Crippen LogP contribution in [0.1, 0.15) is 29.2 Å². The molecule has 2 rings (SSSR count). The third-order valence-electron chi connectivity index (χ3n) is 4.01. The first-order valence-corrected chi connectivity index (χ1v) is 8.44. The number of benzene rings is 2. The second-order valence-electron chi connectivity index (χ2n) is 6.18. The number of nitrogens with one attached hydrogen (secondary N) is 2. The van der Waals surface area contributed by atoms with Crippen molar-refractivity contribution in [3.8, 4) is 5.75 Å². The Morgan fingerprint density at radius 1 is 1.04 bits per heavy atom. The van der Waals surface area contributed by atoms with Crippen LogP contribution in [0, 0.1) is 20.8 Å². The van der Waals surface area contributed by atoms with Gasteiger partial charge in [0.2, 0.25) is 0 Å². The number of carbonyl (C=O) groups is 2. The summed E-state index contributed by atoms with van der Waals surface area (Å²) in [5.41, 5.74) is 8.82. The van der Waals surface area contributed by atoms with Crippen LogP contribution in [0.15, 0.2) is 48.5 Å². The third-order valence-corrected chi connectivity index (χ3v) is 4.01. The Morgan fingerprint density at radius 2 is 1.77 bits per heavy atom. The highest BCUT2D eigenvalue weighted by molar-refractivity contribution is 5.93. The minimum absolute atomic E-state index is 0.418. The number of hydrazine groups is 1. The first-order chi connectivity index (χ1) is 12.4. The standard InChI is InChI=1S/C21H24N2O3/c1-14-7-5-9-18(13-14)11-12-20(24)22-23-21(25)17(4)26-19-10-6-8-15(2)16(19)3/h5-13,17H,1-4H3,(H,22,24)(H,23,25)/b12-11+/t17-/m0/s1. The van der Waals surface area contributed by atoms with E-state index in [9.17, 15) is 9.59 Å². The van der Waals surface area contributed by atoms with Crippen molar-refractivity contribution in [3.63, 3.8) is 0 Å². The van der Waals surface area contributed by atoms with Gasteiger partial charge in [-0.15, -0.1) is 0 Å². The molecule has 5 heteroatoms. The quantitative estimate of drug-likeness (QED) is 0.641. The van der Waals surface area contributed by atoms with Gasteiger partial charge in [-0.2, -0.15) is 0 Å². The van der Waals surface area contributed by atoms with Gasteiger partial charge in [0.1, 0.15) is 5.75 Å². The molecular formula is C21H24N2O3. The number of aryl methyl sites for hydroxylation is 2. The highest BCUT2D eigenvalue weighted by Crippen LogP contribution is 2.21. The molecule has 0 heterocycles. The van der Waals surface area contributed by atoms with E-state index >= 15 is 0 Å². The van der Waals surface area contributed by atoms with Gasteiger partial charge in [-0.3, -0.25) is 20.4 Å². The molecule has 0 bridgehead atoms. The highest BCUT2D eigenvalue weighted by atomic mass is 16.5. The molecule has 0 unspecified atom stereocenters. The molecule has 2 aromatic rings. The van der Waals surface area contributed by atoms with Crippen LogP contribution < -0.4 is 15.6 Å². The van der Waals surface area contributed by atoms with Crippen molar-refractivity contribution >= 4 is 17.9 Å². The molecule has 2 N–H and O–H groups in total.